The highest BCUT2D eigenvalue weighted by Gasteiger charge is 2.33. The summed E-state index contributed by atoms with van der Waals surface area (Å²) in [6, 6.07) is 17.1. The molecule has 1 heterocycles. The Hall–Kier alpha value is -3.69. The van der Waals surface area contributed by atoms with Gasteiger partial charge in [0.1, 0.15) is 5.01 Å². The molecule has 168 valence electrons. The maximum absolute atomic E-state index is 13.4. The fourth-order valence-corrected chi connectivity index (χ4v) is 4.31. The van der Waals surface area contributed by atoms with Gasteiger partial charge in [0.2, 0.25) is 0 Å². The number of hydrogen-bond donors (Lipinski definition) is 2. The first-order valence-electron chi connectivity index (χ1n) is 9.68. The minimum Gasteiger partial charge on any atom is -0.478 e. The lowest BCUT2D eigenvalue weighted by molar-refractivity contribution is -0.137. The van der Waals surface area contributed by atoms with Crippen LogP contribution in [0.4, 0.5) is 18.9 Å². The third-order valence-electron chi connectivity index (χ3n) is 4.94. The highest BCUT2D eigenvalue weighted by molar-refractivity contribution is 7.13. The van der Waals surface area contributed by atoms with Crippen molar-refractivity contribution in [2.75, 3.05) is 12.6 Å². The number of hydrogen-bond acceptors (Lipinski definition) is 5. The van der Waals surface area contributed by atoms with Gasteiger partial charge in [0.25, 0.3) is 0 Å². The van der Waals surface area contributed by atoms with Crippen molar-refractivity contribution in [3.63, 3.8) is 0 Å². The lowest BCUT2D eigenvalue weighted by Gasteiger charge is -2.13. The SMILES string of the molecule is CONc1ccccc1-c1ccc(-c2nc(-c3ccccc3C(F)(F)F)cs2)cc1C(=O)O. The van der Waals surface area contributed by atoms with Gasteiger partial charge >= 0.3 is 12.1 Å². The smallest absolute Gasteiger partial charge is 0.417 e. The van der Waals surface area contributed by atoms with E-state index in [2.05, 4.69) is 10.5 Å². The molecule has 0 unspecified atom stereocenters. The first-order valence-corrected chi connectivity index (χ1v) is 10.6. The molecule has 0 aliphatic carbocycles. The van der Waals surface area contributed by atoms with Crippen molar-refractivity contribution in [3.05, 3.63) is 83.2 Å². The summed E-state index contributed by atoms with van der Waals surface area (Å²) in [5.74, 6) is -1.14. The zero-order valence-electron chi connectivity index (χ0n) is 17.2. The van der Waals surface area contributed by atoms with Crippen LogP contribution < -0.4 is 5.48 Å². The van der Waals surface area contributed by atoms with E-state index in [0.717, 1.165) is 17.4 Å². The van der Waals surface area contributed by atoms with E-state index >= 15 is 0 Å². The number of halogens is 3. The molecule has 9 heteroatoms. The summed E-state index contributed by atoms with van der Waals surface area (Å²) in [7, 11) is 1.45. The van der Waals surface area contributed by atoms with Gasteiger partial charge in [-0.25, -0.2) is 9.78 Å². The largest absolute Gasteiger partial charge is 0.478 e. The molecule has 0 saturated heterocycles. The van der Waals surface area contributed by atoms with E-state index in [4.69, 9.17) is 4.84 Å². The number of carboxylic acid groups (broad SMARTS) is 1. The van der Waals surface area contributed by atoms with Crippen LogP contribution >= 0.6 is 11.3 Å². The number of nitrogens with zero attached hydrogens (tertiary/aromatic N) is 1. The minimum atomic E-state index is -4.51. The van der Waals surface area contributed by atoms with Crippen molar-refractivity contribution in [1.82, 2.24) is 4.98 Å². The molecule has 0 bridgehead atoms. The number of aromatic nitrogens is 1. The first kappa shape index (κ1) is 22.5. The predicted octanol–water partition coefficient (Wildman–Crippen LogP) is 6.83. The Morgan fingerprint density at radius 1 is 1.00 bits per heavy atom. The van der Waals surface area contributed by atoms with Gasteiger partial charge in [-0.15, -0.1) is 11.3 Å². The van der Waals surface area contributed by atoms with E-state index in [9.17, 15) is 23.1 Å². The maximum atomic E-state index is 13.4. The van der Waals surface area contributed by atoms with E-state index in [1.54, 1.807) is 36.4 Å². The normalized spacial score (nSPS) is 11.4. The Balaban J connectivity index is 1.77. The van der Waals surface area contributed by atoms with Crippen molar-refractivity contribution in [2.45, 2.75) is 6.18 Å². The quantitative estimate of drug-likeness (QED) is 0.302. The highest BCUT2D eigenvalue weighted by atomic mass is 32.1. The summed E-state index contributed by atoms with van der Waals surface area (Å²) in [5.41, 5.74) is 4.32. The monoisotopic (exact) mass is 470 g/mol. The van der Waals surface area contributed by atoms with E-state index < -0.39 is 17.7 Å². The predicted molar refractivity (Wildman–Crippen MR) is 121 cm³/mol. The molecule has 1 aromatic heterocycles. The molecular formula is C24H17F3N2O3S. The molecule has 0 fully saturated rings. The van der Waals surface area contributed by atoms with Crippen molar-refractivity contribution < 1.29 is 27.9 Å². The average molecular weight is 470 g/mol. The molecule has 0 amide bonds. The lowest BCUT2D eigenvalue weighted by Crippen LogP contribution is -2.06. The zero-order chi connectivity index (χ0) is 23.6. The third-order valence-corrected chi connectivity index (χ3v) is 5.83. The van der Waals surface area contributed by atoms with Crippen LogP contribution in [0.1, 0.15) is 15.9 Å². The Morgan fingerprint density at radius 3 is 2.39 bits per heavy atom. The molecule has 0 radical (unpaired) electrons. The molecule has 0 saturated carbocycles. The van der Waals surface area contributed by atoms with Crippen LogP contribution in [0.3, 0.4) is 0 Å². The van der Waals surface area contributed by atoms with Crippen LogP contribution in [0, 0.1) is 0 Å². The van der Waals surface area contributed by atoms with Gasteiger partial charge in [-0.05, 0) is 23.8 Å². The van der Waals surface area contributed by atoms with Gasteiger partial charge in [0.15, 0.2) is 0 Å². The van der Waals surface area contributed by atoms with E-state index in [0.29, 0.717) is 27.4 Å². The van der Waals surface area contributed by atoms with Gasteiger partial charge in [-0.3, -0.25) is 10.3 Å². The summed E-state index contributed by atoms with van der Waals surface area (Å²) in [6.07, 6.45) is -4.51. The molecule has 0 aliphatic rings. The summed E-state index contributed by atoms with van der Waals surface area (Å²) < 4.78 is 40.2. The molecule has 4 aromatic rings. The average Bonchev–Trinajstić information content (AvgIpc) is 3.29. The fourth-order valence-electron chi connectivity index (χ4n) is 3.49. The molecule has 0 aliphatic heterocycles. The summed E-state index contributed by atoms with van der Waals surface area (Å²) >= 11 is 1.15. The molecular weight excluding hydrogens is 453 g/mol. The van der Waals surface area contributed by atoms with E-state index in [1.165, 1.54) is 36.8 Å². The highest BCUT2D eigenvalue weighted by Crippen LogP contribution is 2.39. The number of benzene rings is 3. The minimum absolute atomic E-state index is 0.0258. The van der Waals surface area contributed by atoms with E-state index in [-0.39, 0.29) is 16.8 Å². The third kappa shape index (κ3) is 4.59. The van der Waals surface area contributed by atoms with Crippen molar-refractivity contribution in [1.29, 1.82) is 0 Å². The van der Waals surface area contributed by atoms with Crippen LogP contribution in [-0.4, -0.2) is 23.2 Å². The standard InChI is InChI=1S/C24H17F3N2O3S/c1-32-29-20-9-5-3-6-16(20)15-11-10-14(12-18(15)23(30)31)22-28-21(13-33-22)17-7-2-4-8-19(17)24(25,26)27/h2-13,29H,1H3,(H,30,31). The number of carboxylic acids is 1. The van der Waals surface area contributed by atoms with Gasteiger partial charge < -0.3 is 5.11 Å². The molecule has 3 aromatic carbocycles. The zero-order valence-corrected chi connectivity index (χ0v) is 18.0. The molecule has 5 nitrogen and oxygen atoms in total. The number of anilines is 1. The molecule has 0 atom stereocenters. The molecule has 4 rings (SSSR count). The van der Waals surface area contributed by atoms with Gasteiger partial charge in [0, 0.05) is 22.1 Å². The number of para-hydroxylation sites is 1. The fraction of sp³-hybridized carbons (Fsp3) is 0.0833. The van der Waals surface area contributed by atoms with Crippen molar-refractivity contribution in [2.24, 2.45) is 0 Å². The second-order valence-corrected chi connectivity index (χ2v) is 7.86. The van der Waals surface area contributed by atoms with Crippen LogP contribution in [0.5, 0.6) is 0 Å². The molecule has 0 spiro atoms. The lowest BCUT2D eigenvalue weighted by atomic mass is 9.96. The summed E-state index contributed by atoms with van der Waals surface area (Å²) in [4.78, 5) is 21.4. The number of alkyl halides is 3. The summed E-state index contributed by atoms with van der Waals surface area (Å²) in [6.45, 7) is 0. The number of carbonyl (C=O) groups is 1. The number of nitrogens with one attached hydrogen (secondary N) is 1. The number of aromatic carboxylic acids is 1. The maximum Gasteiger partial charge on any atom is 0.417 e. The van der Waals surface area contributed by atoms with Crippen molar-refractivity contribution >= 4 is 23.0 Å². The van der Waals surface area contributed by atoms with Crippen LogP contribution in [-0.2, 0) is 11.0 Å². The molecule has 33 heavy (non-hydrogen) atoms. The topological polar surface area (TPSA) is 71.5 Å². The van der Waals surface area contributed by atoms with Gasteiger partial charge in [0.05, 0.1) is 29.6 Å². The first-order chi connectivity index (χ1) is 15.8. The van der Waals surface area contributed by atoms with Gasteiger partial charge in [-0.2, -0.15) is 13.2 Å². The second kappa shape index (κ2) is 9.05. The second-order valence-electron chi connectivity index (χ2n) is 7.00. The molecule has 2 N–H and O–H groups in total. The van der Waals surface area contributed by atoms with Crippen molar-refractivity contribution in [3.8, 4) is 33.0 Å². The Morgan fingerprint density at radius 2 is 1.70 bits per heavy atom. The van der Waals surface area contributed by atoms with Crippen LogP contribution in [0.25, 0.3) is 33.0 Å². The number of rotatable bonds is 6. The number of thiazole rings is 1. The summed E-state index contributed by atoms with van der Waals surface area (Å²) in [5, 5.41) is 11.8. The van der Waals surface area contributed by atoms with Gasteiger partial charge in [-0.1, -0.05) is 48.5 Å². The van der Waals surface area contributed by atoms with Crippen LogP contribution in [0.15, 0.2) is 72.1 Å². The Kier molecular flexibility index (Phi) is 6.17. The van der Waals surface area contributed by atoms with E-state index in [1.807, 2.05) is 0 Å². The van der Waals surface area contributed by atoms with Crippen LogP contribution in [0.2, 0.25) is 0 Å². The Bertz CT molecular complexity index is 1320. The Labute approximate surface area is 191 Å².